The van der Waals surface area contributed by atoms with Gasteiger partial charge in [0.1, 0.15) is 11.5 Å². The molecule has 1 unspecified atom stereocenters. The smallest absolute Gasteiger partial charge is 0.272 e. The van der Waals surface area contributed by atoms with E-state index in [9.17, 15) is 18.8 Å². The average molecular weight is 588 g/mol. The quantitative estimate of drug-likeness (QED) is 0.133. The van der Waals surface area contributed by atoms with E-state index in [1.165, 1.54) is 36.0 Å². The number of carbonyl (C=O) groups is 3. The van der Waals surface area contributed by atoms with Crippen LogP contribution in [0.5, 0.6) is 0 Å². The lowest BCUT2D eigenvalue weighted by molar-refractivity contribution is -0.116. The van der Waals surface area contributed by atoms with Gasteiger partial charge in [0.25, 0.3) is 11.8 Å². The van der Waals surface area contributed by atoms with Gasteiger partial charge in [-0.3, -0.25) is 14.4 Å². The predicted molar refractivity (Wildman–Crippen MR) is 163 cm³/mol. The normalized spacial score (nSPS) is 11.8. The number of halogens is 2. The Balaban J connectivity index is 1.53. The first kappa shape index (κ1) is 29.6. The molecule has 0 bridgehead atoms. The summed E-state index contributed by atoms with van der Waals surface area (Å²) >= 11 is 7.55. The molecule has 9 heteroatoms. The van der Waals surface area contributed by atoms with Crippen molar-refractivity contribution in [1.29, 1.82) is 0 Å². The molecule has 0 saturated carbocycles. The average Bonchev–Trinajstić information content (AvgIpc) is 2.98. The summed E-state index contributed by atoms with van der Waals surface area (Å²) in [6, 6.07) is 28.7. The maximum absolute atomic E-state index is 14.6. The maximum Gasteiger partial charge on any atom is 0.272 e. The Labute approximate surface area is 247 Å². The molecule has 0 aliphatic rings. The second-order valence-electron chi connectivity index (χ2n) is 8.87. The molecule has 0 aromatic heterocycles. The third-order valence-electron chi connectivity index (χ3n) is 5.89. The van der Waals surface area contributed by atoms with Crippen LogP contribution in [0.3, 0.4) is 0 Å². The van der Waals surface area contributed by atoms with E-state index in [0.29, 0.717) is 23.4 Å². The molecule has 4 rings (SSSR count). The number of para-hydroxylation sites is 1. The van der Waals surface area contributed by atoms with E-state index in [4.69, 9.17) is 11.6 Å². The fraction of sp³-hybridized carbons (Fsp3) is 0.0938. The molecular weight excluding hydrogens is 561 g/mol. The van der Waals surface area contributed by atoms with E-state index < -0.39 is 17.6 Å². The number of nitrogens with one attached hydrogen (secondary N) is 3. The third kappa shape index (κ3) is 8.30. The van der Waals surface area contributed by atoms with Gasteiger partial charge in [-0.25, -0.2) is 4.39 Å². The van der Waals surface area contributed by atoms with E-state index in [1.54, 1.807) is 48.5 Å². The van der Waals surface area contributed by atoms with Gasteiger partial charge in [-0.05, 0) is 67.1 Å². The number of thioether (sulfide) groups is 1. The van der Waals surface area contributed by atoms with Crippen LogP contribution in [-0.2, 0) is 9.59 Å². The number of carbonyl (C=O) groups excluding carboxylic acids is 3. The molecular formula is C32H27ClFN3O3S. The Hall–Kier alpha value is -4.40. The summed E-state index contributed by atoms with van der Waals surface area (Å²) in [5, 5.41) is 7.97. The Kier molecular flexibility index (Phi) is 10.3. The maximum atomic E-state index is 14.6. The van der Waals surface area contributed by atoms with Crippen molar-refractivity contribution in [2.75, 3.05) is 10.6 Å². The number of hydrogen-bond donors (Lipinski definition) is 3. The molecule has 3 amide bonds. The summed E-state index contributed by atoms with van der Waals surface area (Å²) in [6.45, 7) is 1.92. The summed E-state index contributed by atoms with van der Waals surface area (Å²) in [4.78, 5) is 39.9. The highest BCUT2D eigenvalue weighted by molar-refractivity contribution is 8.00. The highest BCUT2D eigenvalue weighted by Crippen LogP contribution is 2.29. The minimum Gasteiger partial charge on any atom is -0.325 e. The second kappa shape index (κ2) is 14.3. The molecule has 0 fully saturated rings. The van der Waals surface area contributed by atoms with E-state index in [1.807, 2.05) is 43.3 Å². The van der Waals surface area contributed by atoms with Crippen molar-refractivity contribution in [1.82, 2.24) is 5.32 Å². The molecule has 0 saturated heterocycles. The first-order valence-electron chi connectivity index (χ1n) is 12.8. The number of rotatable bonds is 10. The van der Waals surface area contributed by atoms with Gasteiger partial charge in [0, 0.05) is 27.4 Å². The van der Waals surface area contributed by atoms with Gasteiger partial charge in [-0.15, -0.1) is 11.8 Å². The molecule has 0 aliphatic heterocycles. The van der Waals surface area contributed by atoms with Crippen LogP contribution in [0.1, 0.15) is 29.3 Å². The fourth-order valence-electron chi connectivity index (χ4n) is 3.81. The molecule has 0 spiro atoms. The van der Waals surface area contributed by atoms with Crippen LogP contribution in [0.15, 0.2) is 114 Å². The first-order chi connectivity index (χ1) is 19.8. The van der Waals surface area contributed by atoms with Crippen molar-refractivity contribution in [3.05, 3.63) is 131 Å². The molecule has 1 atom stereocenters. The van der Waals surface area contributed by atoms with E-state index in [2.05, 4.69) is 16.0 Å². The zero-order chi connectivity index (χ0) is 29.2. The fourth-order valence-corrected chi connectivity index (χ4v) is 5.04. The van der Waals surface area contributed by atoms with E-state index in [-0.39, 0.29) is 27.4 Å². The molecule has 0 aliphatic carbocycles. The van der Waals surface area contributed by atoms with E-state index >= 15 is 0 Å². The standard InChI is InChI=1S/C32H27ClFN3O3S/c1-2-29(32(40)35-22-13-7-4-8-14-22)41-24-16-9-15-23(19-24)36-31(39)28(20-25-26(33)17-10-18-27(25)34)37-30(38)21-11-5-3-6-12-21/h3-20,29H,2H2,1H3,(H,35,40)(H,36,39)(H,37,38)/b28-20+. The molecule has 3 N–H and O–H groups in total. The largest absolute Gasteiger partial charge is 0.325 e. The Bertz CT molecular complexity index is 1540. The Morgan fingerprint density at radius 3 is 2.20 bits per heavy atom. The predicted octanol–water partition coefficient (Wildman–Crippen LogP) is 7.40. The first-order valence-corrected chi connectivity index (χ1v) is 14.1. The lowest BCUT2D eigenvalue weighted by Crippen LogP contribution is -2.30. The second-order valence-corrected chi connectivity index (χ2v) is 10.5. The van der Waals surface area contributed by atoms with Crippen molar-refractivity contribution >= 4 is 58.5 Å². The van der Waals surface area contributed by atoms with Crippen molar-refractivity contribution in [3.63, 3.8) is 0 Å². The topological polar surface area (TPSA) is 87.3 Å². The van der Waals surface area contributed by atoms with Crippen LogP contribution in [0, 0.1) is 5.82 Å². The van der Waals surface area contributed by atoms with Crippen LogP contribution >= 0.6 is 23.4 Å². The van der Waals surface area contributed by atoms with Crippen LogP contribution in [0.4, 0.5) is 15.8 Å². The van der Waals surface area contributed by atoms with Gasteiger partial charge < -0.3 is 16.0 Å². The van der Waals surface area contributed by atoms with Gasteiger partial charge >= 0.3 is 0 Å². The van der Waals surface area contributed by atoms with Crippen molar-refractivity contribution in [3.8, 4) is 0 Å². The summed E-state index contributed by atoms with van der Waals surface area (Å²) < 4.78 is 14.6. The Morgan fingerprint density at radius 1 is 0.854 bits per heavy atom. The zero-order valence-corrected chi connectivity index (χ0v) is 23.6. The zero-order valence-electron chi connectivity index (χ0n) is 22.1. The monoisotopic (exact) mass is 587 g/mol. The summed E-state index contributed by atoms with van der Waals surface area (Å²) in [5.74, 6) is -1.99. The van der Waals surface area contributed by atoms with Crippen molar-refractivity contribution in [2.45, 2.75) is 23.5 Å². The SMILES string of the molecule is CCC(Sc1cccc(NC(=O)/C(=C\c2c(F)cccc2Cl)NC(=O)c2ccccc2)c1)C(=O)Nc1ccccc1. The third-order valence-corrected chi connectivity index (χ3v) is 7.58. The summed E-state index contributed by atoms with van der Waals surface area (Å²) in [5.41, 5.74) is 1.23. The van der Waals surface area contributed by atoms with Gasteiger partial charge in [-0.2, -0.15) is 0 Å². The number of benzene rings is 4. The van der Waals surface area contributed by atoms with Crippen LogP contribution in [0.25, 0.3) is 6.08 Å². The Morgan fingerprint density at radius 2 is 1.51 bits per heavy atom. The number of amides is 3. The van der Waals surface area contributed by atoms with Crippen molar-refractivity contribution < 1.29 is 18.8 Å². The summed E-state index contributed by atoms with van der Waals surface area (Å²) in [7, 11) is 0. The number of hydrogen-bond acceptors (Lipinski definition) is 4. The highest BCUT2D eigenvalue weighted by atomic mass is 35.5. The minimum atomic E-state index is -0.676. The molecule has 0 radical (unpaired) electrons. The molecule has 208 valence electrons. The molecule has 4 aromatic rings. The van der Waals surface area contributed by atoms with Crippen LogP contribution in [0.2, 0.25) is 5.02 Å². The summed E-state index contributed by atoms with van der Waals surface area (Å²) in [6.07, 6.45) is 1.79. The lowest BCUT2D eigenvalue weighted by atomic mass is 10.1. The lowest BCUT2D eigenvalue weighted by Gasteiger charge is -2.16. The van der Waals surface area contributed by atoms with Gasteiger partial charge in [0.15, 0.2) is 0 Å². The van der Waals surface area contributed by atoms with E-state index in [0.717, 1.165) is 4.90 Å². The van der Waals surface area contributed by atoms with Crippen LogP contribution < -0.4 is 16.0 Å². The molecule has 41 heavy (non-hydrogen) atoms. The van der Waals surface area contributed by atoms with Gasteiger partial charge in [-0.1, -0.05) is 67.1 Å². The van der Waals surface area contributed by atoms with Crippen molar-refractivity contribution in [2.24, 2.45) is 0 Å². The molecule has 6 nitrogen and oxygen atoms in total. The molecule has 0 heterocycles. The number of anilines is 2. The highest BCUT2D eigenvalue weighted by Gasteiger charge is 2.20. The van der Waals surface area contributed by atoms with Gasteiger partial charge in [0.2, 0.25) is 5.91 Å². The van der Waals surface area contributed by atoms with Gasteiger partial charge in [0.05, 0.1) is 10.3 Å². The minimum absolute atomic E-state index is 0.0350. The van der Waals surface area contributed by atoms with Crippen LogP contribution in [-0.4, -0.2) is 23.0 Å². The molecule has 4 aromatic carbocycles.